The molecule has 0 aliphatic carbocycles. The number of hydrogen-bond donors (Lipinski definition) is 1. The average Bonchev–Trinajstić information content (AvgIpc) is 2.44. The van der Waals surface area contributed by atoms with Crippen LogP contribution < -0.4 is 5.32 Å². The van der Waals surface area contributed by atoms with E-state index in [4.69, 9.17) is 0 Å². The molecule has 0 atom stereocenters. The summed E-state index contributed by atoms with van der Waals surface area (Å²) in [7, 11) is -0.957. The zero-order chi connectivity index (χ0) is 10.6. The molecule has 0 unspecified atom stereocenters. The molecule has 0 saturated heterocycles. The average molecular weight is 217 g/mol. The summed E-state index contributed by atoms with van der Waals surface area (Å²) >= 11 is 0. The number of sulfone groups is 1. The van der Waals surface area contributed by atoms with Crippen molar-refractivity contribution in [2.24, 2.45) is 7.05 Å². The third-order valence-corrected chi connectivity index (χ3v) is 2.82. The molecule has 80 valence electrons. The van der Waals surface area contributed by atoms with Gasteiger partial charge in [0.15, 0.2) is 0 Å². The van der Waals surface area contributed by atoms with E-state index >= 15 is 0 Å². The van der Waals surface area contributed by atoms with Gasteiger partial charge in [0.05, 0.1) is 17.8 Å². The molecule has 0 aromatic carbocycles. The fourth-order valence-electron chi connectivity index (χ4n) is 1.03. The van der Waals surface area contributed by atoms with Gasteiger partial charge < -0.3 is 9.88 Å². The fourth-order valence-corrected chi connectivity index (χ4v) is 1.54. The first-order valence-corrected chi connectivity index (χ1v) is 6.39. The molecule has 5 nitrogen and oxygen atoms in total. The summed E-state index contributed by atoms with van der Waals surface area (Å²) < 4.78 is 23.5. The van der Waals surface area contributed by atoms with Crippen molar-refractivity contribution in [2.75, 3.05) is 18.6 Å². The van der Waals surface area contributed by atoms with Gasteiger partial charge in [-0.1, -0.05) is 0 Å². The number of nitrogens with one attached hydrogen (secondary N) is 1. The second-order valence-corrected chi connectivity index (χ2v) is 5.56. The van der Waals surface area contributed by atoms with E-state index in [0.29, 0.717) is 13.1 Å². The molecule has 6 heteroatoms. The summed E-state index contributed by atoms with van der Waals surface area (Å²) in [6, 6.07) is 0. The molecule has 0 saturated carbocycles. The van der Waals surface area contributed by atoms with Gasteiger partial charge >= 0.3 is 0 Å². The molecule has 0 spiro atoms. The summed E-state index contributed by atoms with van der Waals surface area (Å²) in [5.41, 5.74) is 1.04. The molecule has 1 aromatic heterocycles. The molecule has 0 aliphatic heterocycles. The van der Waals surface area contributed by atoms with E-state index in [9.17, 15) is 8.42 Å². The van der Waals surface area contributed by atoms with E-state index in [0.717, 1.165) is 5.69 Å². The Labute approximate surface area is 84.1 Å². The van der Waals surface area contributed by atoms with Crippen molar-refractivity contribution in [3.63, 3.8) is 0 Å². The van der Waals surface area contributed by atoms with E-state index in [1.807, 2.05) is 11.6 Å². The van der Waals surface area contributed by atoms with Crippen molar-refractivity contribution in [1.29, 1.82) is 0 Å². The van der Waals surface area contributed by atoms with E-state index in [-0.39, 0.29) is 5.75 Å². The molecule has 1 heterocycles. The molecule has 1 rings (SSSR count). The summed E-state index contributed by atoms with van der Waals surface area (Å²) in [6.45, 7) is 1.12. The minimum absolute atomic E-state index is 0.171. The van der Waals surface area contributed by atoms with Gasteiger partial charge in [-0.15, -0.1) is 0 Å². The second-order valence-electron chi connectivity index (χ2n) is 3.30. The van der Waals surface area contributed by atoms with Gasteiger partial charge in [-0.2, -0.15) is 0 Å². The van der Waals surface area contributed by atoms with Crippen LogP contribution in [0.2, 0.25) is 0 Å². The van der Waals surface area contributed by atoms with E-state index < -0.39 is 9.84 Å². The van der Waals surface area contributed by atoms with Crippen LogP contribution in [-0.2, 0) is 23.4 Å². The Balaban J connectivity index is 2.26. The molecule has 1 N–H and O–H groups in total. The molecular weight excluding hydrogens is 202 g/mol. The molecule has 0 amide bonds. The van der Waals surface area contributed by atoms with Gasteiger partial charge in [0.1, 0.15) is 9.84 Å². The predicted molar refractivity (Wildman–Crippen MR) is 54.6 cm³/mol. The highest BCUT2D eigenvalue weighted by Crippen LogP contribution is 1.94. The third-order valence-electron chi connectivity index (χ3n) is 1.87. The second kappa shape index (κ2) is 4.56. The third kappa shape index (κ3) is 3.89. The number of rotatable bonds is 5. The number of nitrogens with zero attached hydrogens (tertiary/aromatic N) is 2. The molecule has 0 radical (unpaired) electrons. The summed E-state index contributed by atoms with van der Waals surface area (Å²) in [5.74, 6) is 0.171. The van der Waals surface area contributed by atoms with Crippen LogP contribution in [0.4, 0.5) is 0 Å². The first kappa shape index (κ1) is 11.2. The van der Waals surface area contributed by atoms with Crippen LogP contribution >= 0.6 is 0 Å². The smallest absolute Gasteiger partial charge is 0.148 e. The Morgan fingerprint density at radius 2 is 2.29 bits per heavy atom. The Kier molecular flexibility index (Phi) is 3.65. The molecule has 14 heavy (non-hydrogen) atoms. The largest absolute Gasteiger partial charge is 0.337 e. The Hall–Kier alpha value is -0.880. The van der Waals surface area contributed by atoms with Gasteiger partial charge in [0, 0.05) is 32.6 Å². The summed E-state index contributed by atoms with van der Waals surface area (Å²) in [4.78, 5) is 3.95. The SMILES string of the molecule is Cn1cncc1CNCCS(C)(=O)=O. The summed E-state index contributed by atoms with van der Waals surface area (Å²) in [5, 5.41) is 3.05. The molecule has 0 bridgehead atoms. The van der Waals surface area contributed by atoms with Crippen molar-refractivity contribution in [3.8, 4) is 0 Å². The fraction of sp³-hybridized carbons (Fsp3) is 0.625. The Bertz CT molecular complexity index is 383. The van der Waals surface area contributed by atoms with E-state index in [1.165, 1.54) is 6.26 Å². The number of aromatic nitrogens is 2. The quantitative estimate of drug-likeness (QED) is 0.679. The van der Waals surface area contributed by atoms with Crippen molar-refractivity contribution in [1.82, 2.24) is 14.9 Å². The molecule has 0 aliphatic rings. The lowest BCUT2D eigenvalue weighted by Crippen LogP contribution is -2.22. The van der Waals surface area contributed by atoms with Gasteiger partial charge in [-0.05, 0) is 0 Å². The maximum atomic E-state index is 10.8. The topological polar surface area (TPSA) is 64.0 Å². The Morgan fingerprint density at radius 3 is 2.79 bits per heavy atom. The van der Waals surface area contributed by atoms with Crippen LogP contribution in [0.3, 0.4) is 0 Å². The lowest BCUT2D eigenvalue weighted by molar-refractivity contribution is 0.595. The van der Waals surface area contributed by atoms with Crippen LogP contribution in [0.5, 0.6) is 0 Å². The van der Waals surface area contributed by atoms with Crippen LogP contribution in [0.1, 0.15) is 5.69 Å². The highest BCUT2D eigenvalue weighted by molar-refractivity contribution is 7.90. The highest BCUT2D eigenvalue weighted by atomic mass is 32.2. The molecule has 0 fully saturated rings. The number of aryl methyl sites for hydroxylation is 1. The predicted octanol–water partition coefficient (Wildman–Crippen LogP) is -0.446. The van der Waals surface area contributed by atoms with Gasteiger partial charge in [-0.25, -0.2) is 13.4 Å². The van der Waals surface area contributed by atoms with Crippen molar-refractivity contribution in [3.05, 3.63) is 18.2 Å². The number of imidazole rings is 1. The van der Waals surface area contributed by atoms with Gasteiger partial charge in [0.2, 0.25) is 0 Å². The first-order valence-electron chi connectivity index (χ1n) is 4.33. The molecule has 1 aromatic rings. The normalized spacial score (nSPS) is 11.9. The maximum Gasteiger partial charge on any atom is 0.148 e. The lowest BCUT2D eigenvalue weighted by Gasteiger charge is -2.03. The van der Waals surface area contributed by atoms with Gasteiger partial charge in [0.25, 0.3) is 0 Å². The lowest BCUT2D eigenvalue weighted by atomic mass is 10.4. The zero-order valence-corrected chi connectivity index (χ0v) is 9.21. The van der Waals surface area contributed by atoms with Crippen LogP contribution in [0.15, 0.2) is 12.5 Å². The highest BCUT2D eigenvalue weighted by Gasteiger charge is 2.01. The van der Waals surface area contributed by atoms with Crippen molar-refractivity contribution < 1.29 is 8.42 Å². The number of hydrogen-bond acceptors (Lipinski definition) is 4. The van der Waals surface area contributed by atoms with E-state index in [2.05, 4.69) is 10.3 Å². The van der Waals surface area contributed by atoms with Crippen LogP contribution in [-0.4, -0.2) is 36.5 Å². The van der Waals surface area contributed by atoms with E-state index in [1.54, 1.807) is 12.5 Å². The minimum atomic E-state index is -2.86. The molecular formula is C8H15N3O2S. The minimum Gasteiger partial charge on any atom is -0.337 e. The maximum absolute atomic E-state index is 10.8. The monoisotopic (exact) mass is 217 g/mol. The first-order chi connectivity index (χ1) is 6.49. The van der Waals surface area contributed by atoms with Crippen molar-refractivity contribution in [2.45, 2.75) is 6.54 Å². The van der Waals surface area contributed by atoms with Crippen molar-refractivity contribution >= 4 is 9.84 Å². The zero-order valence-electron chi connectivity index (χ0n) is 8.40. The van der Waals surface area contributed by atoms with Crippen LogP contribution in [0, 0.1) is 0 Å². The standard InChI is InChI=1S/C8H15N3O2S/c1-11-7-10-6-8(11)5-9-3-4-14(2,12)13/h6-7,9H,3-5H2,1-2H3. The summed E-state index contributed by atoms with van der Waals surface area (Å²) in [6.07, 6.45) is 4.71. The Morgan fingerprint density at radius 1 is 1.57 bits per heavy atom. The van der Waals surface area contributed by atoms with Crippen LogP contribution in [0.25, 0.3) is 0 Å². The van der Waals surface area contributed by atoms with Gasteiger partial charge in [-0.3, -0.25) is 0 Å².